The molecule has 0 unspecified atom stereocenters. The monoisotopic (exact) mass is 318 g/mol. The number of ether oxygens (including phenoxy) is 1. The van der Waals surface area contributed by atoms with Gasteiger partial charge in [-0.15, -0.1) is 0 Å². The van der Waals surface area contributed by atoms with Crippen molar-refractivity contribution >= 4 is 0 Å². The smallest absolute Gasteiger partial charge is 0.123 e. The van der Waals surface area contributed by atoms with Gasteiger partial charge in [0, 0.05) is 5.56 Å². The van der Waals surface area contributed by atoms with Gasteiger partial charge in [-0.3, -0.25) is 0 Å². The van der Waals surface area contributed by atoms with Crippen LogP contribution < -0.4 is 4.74 Å². The van der Waals surface area contributed by atoms with E-state index < -0.39 is 0 Å². The van der Waals surface area contributed by atoms with E-state index in [2.05, 4.69) is 26.0 Å². The fourth-order valence-electron chi connectivity index (χ4n) is 2.62. The summed E-state index contributed by atoms with van der Waals surface area (Å²) in [6.45, 7) is 4.85. The Morgan fingerprint density at radius 3 is 2.25 bits per heavy atom. The van der Waals surface area contributed by atoms with Gasteiger partial charge in [-0.25, -0.2) is 0 Å². The van der Waals surface area contributed by atoms with Gasteiger partial charge in [0.1, 0.15) is 18.1 Å². The minimum Gasteiger partial charge on any atom is -0.507 e. The normalized spacial score (nSPS) is 10.8. The number of phenols is 1. The lowest BCUT2D eigenvalue weighted by atomic mass is 9.98. The van der Waals surface area contributed by atoms with E-state index in [1.807, 2.05) is 48.5 Å². The lowest BCUT2D eigenvalue weighted by Crippen LogP contribution is -1.95. The first-order valence-electron chi connectivity index (χ1n) is 8.23. The summed E-state index contributed by atoms with van der Waals surface area (Å²) in [6.07, 6.45) is 0. The molecule has 0 aromatic heterocycles. The summed E-state index contributed by atoms with van der Waals surface area (Å²) < 4.78 is 5.86. The zero-order valence-electron chi connectivity index (χ0n) is 14.1. The molecular formula is C22H22O2. The van der Waals surface area contributed by atoms with Crippen molar-refractivity contribution in [3.05, 3.63) is 83.9 Å². The maximum Gasteiger partial charge on any atom is 0.123 e. The minimum atomic E-state index is 0.263. The molecule has 0 aliphatic carbocycles. The van der Waals surface area contributed by atoms with Gasteiger partial charge in [-0.1, -0.05) is 68.4 Å². The Kier molecular flexibility index (Phi) is 4.85. The van der Waals surface area contributed by atoms with Crippen molar-refractivity contribution in [1.82, 2.24) is 0 Å². The van der Waals surface area contributed by atoms with Crippen LogP contribution in [0.15, 0.2) is 72.8 Å². The fraction of sp³-hybridized carbons (Fsp3) is 0.182. The molecule has 0 aliphatic heterocycles. The van der Waals surface area contributed by atoms with Gasteiger partial charge >= 0.3 is 0 Å². The fourth-order valence-corrected chi connectivity index (χ4v) is 2.62. The summed E-state index contributed by atoms with van der Waals surface area (Å²) in [5.74, 6) is 1.51. The van der Waals surface area contributed by atoms with E-state index >= 15 is 0 Å². The van der Waals surface area contributed by atoms with Crippen molar-refractivity contribution < 1.29 is 9.84 Å². The molecule has 0 heterocycles. The van der Waals surface area contributed by atoms with Gasteiger partial charge < -0.3 is 9.84 Å². The third kappa shape index (κ3) is 3.77. The quantitative estimate of drug-likeness (QED) is 0.648. The highest BCUT2D eigenvalue weighted by Gasteiger charge is 2.08. The number of phenolic OH excluding ortho intramolecular Hbond substituents is 1. The van der Waals surface area contributed by atoms with Crippen molar-refractivity contribution in [2.24, 2.45) is 0 Å². The number of aromatic hydroxyl groups is 1. The van der Waals surface area contributed by atoms with Crippen LogP contribution in [-0.2, 0) is 6.61 Å². The Labute approximate surface area is 143 Å². The summed E-state index contributed by atoms with van der Waals surface area (Å²) in [4.78, 5) is 0. The third-order valence-corrected chi connectivity index (χ3v) is 4.10. The first kappa shape index (κ1) is 16.1. The van der Waals surface area contributed by atoms with Crippen LogP contribution in [0.3, 0.4) is 0 Å². The molecule has 3 aromatic rings. The third-order valence-electron chi connectivity index (χ3n) is 4.10. The topological polar surface area (TPSA) is 29.5 Å². The summed E-state index contributed by atoms with van der Waals surface area (Å²) in [7, 11) is 0. The van der Waals surface area contributed by atoms with Crippen LogP contribution in [0, 0.1) is 0 Å². The zero-order chi connectivity index (χ0) is 16.9. The van der Waals surface area contributed by atoms with Crippen molar-refractivity contribution in [3.63, 3.8) is 0 Å². The van der Waals surface area contributed by atoms with Gasteiger partial charge in [0.25, 0.3) is 0 Å². The second-order valence-electron chi connectivity index (χ2n) is 6.23. The standard InChI is InChI=1S/C22H22O2/c1-16(2)18-8-10-19(11-9-18)21-14-20(12-13-22(21)23)24-15-17-6-4-3-5-7-17/h3-14,16,23H,15H2,1-2H3. The van der Waals surface area contributed by atoms with Gasteiger partial charge in [-0.2, -0.15) is 0 Å². The van der Waals surface area contributed by atoms with Crippen LogP contribution >= 0.6 is 0 Å². The molecule has 3 aromatic carbocycles. The molecule has 0 saturated heterocycles. The maximum atomic E-state index is 10.2. The number of hydrogen-bond acceptors (Lipinski definition) is 2. The largest absolute Gasteiger partial charge is 0.507 e. The molecule has 0 spiro atoms. The molecule has 2 heteroatoms. The molecule has 1 N–H and O–H groups in total. The number of rotatable bonds is 5. The van der Waals surface area contributed by atoms with E-state index in [4.69, 9.17) is 4.74 Å². The predicted octanol–water partition coefficient (Wildman–Crippen LogP) is 5.76. The molecule has 2 nitrogen and oxygen atoms in total. The lowest BCUT2D eigenvalue weighted by Gasteiger charge is -2.11. The average molecular weight is 318 g/mol. The highest BCUT2D eigenvalue weighted by Crippen LogP contribution is 2.33. The van der Waals surface area contributed by atoms with Crippen LogP contribution in [0.2, 0.25) is 0 Å². The summed E-state index contributed by atoms with van der Waals surface area (Å²) in [5, 5.41) is 10.2. The average Bonchev–Trinajstić information content (AvgIpc) is 2.62. The molecule has 122 valence electrons. The summed E-state index contributed by atoms with van der Waals surface area (Å²) in [5.41, 5.74) is 4.18. The van der Waals surface area contributed by atoms with E-state index in [1.54, 1.807) is 12.1 Å². The van der Waals surface area contributed by atoms with E-state index in [0.717, 1.165) is 22.4 Å². The second-order valence-corrected chi connectivity index (χ2v) is 6.23. The molecule has 0 amide bonds. The van der Waals surface area contributed by atoms with Gasteiger partial charge in [0.05, 0.1) is 0 Å². The maximum absolute atomic E-state index is 10.2. The van der Waals surface area contributed by atoms with Crippen molar-refractivity contribution in [2.75, 3.05) is 0 Å². The SMILES string of the molecule is CC(C)c1ccc(-c2cc(OCc3ccccc3)ccc2O)cc1. The highest BCUT2D eigenvalue weighted by atomic mass is 16.5. The molecule has 24 heavy (non-hydrogen) atoms. The first-order chi connectivity index (χ1) is 11.6. The zero-order valence-corrected chi connectivity index (χ0v) is 14.1. The minimum absolute atomic E-state index is 0.263. The van der Waals surface area contributed by atoms with Crippen LogP contribution in [0.4, 0.5) is 0 Å². The summed E-state index contributed by atoms with van der Waals surface area (Å²) in [6, 6.07) is 23.7. The second kappa shape index (κ2) is 7.22. The van der Waals surface area contributed by atoms with Gasteiger partial charge in [0.2, 0.25) is 0 Å². The lowest BCUT2D eigenvalue weighted by molar-refractivity contribution is 0.306. The van der Waals surface area contributed by atoms with E-state index in [1.165, 1.54) is 5.56 Å². The van der Waals surface area contributed by atoms with Gasteiger partial charge in [0.15, 0.2) is 0 Å². The Hall–Kier alpha value is -2.74. The van der Waals surface area contributed by atoms with Crippen molar-refractivity contribution in [1.29, 1.82) is 0 Å². The molecule has 0 saturated carbocycles. The van der Waals surface area contributed by atoms with Crippen LogP contribution in [0.5, 0.6) is 11.5 Å². The molecule has 0 fully saturated rings. The molecule has 0 radical (unpaired) electrons. The van der Waals surface area contributed by atoms with E-state index in [-0.39, 0.29) is 5.75 Å². The van der Waals surface area contributed by atoms with Crippen molar-refractivity contribution in [3.8, 4) is 22.6 Å². The number of hydrogen-bond donors (Lipinski definition) is 1. The van der Waals surface area contributed by atoms with E-state index in [9.17, 15) is 5.11 Å². The molecule has 3 rings (SSSR count). The highest BCUT2D eigenvalue weighted by molar-refractivity contribution is 5.71. The summed E-state index contributed by atoms with van der Waals surface area (Å²) >= 11 is 0. The van der Waals surface area contributed by atoms with Crippen LogP contribution in [-0.4, -0.2) is 5.11 Å². The molecule has 0 atom stereocenters. The van der Waals surface area contributed by atoms with Crippen molar-refractivity contribution in [2.45, 2.75) is 26.4 Å². The Morgan fingerprint density at radius 1 is 0.875 bits per heavy atom. The molecular weight excluding hydrogens is 296 g/mol. The van der Waals surface area contributed by atoms with Crippen LogP contribution in [0.25, 0.3) is 11.1 Å². The first-order valence-corrected chi connectivity index (χ1v) is 8.23. The Bertz CT molecular complexity index is 790. The molecule has 0 aliphatic rings. The molecule has 0 bridgehead atoms. The van der Waals surface area contributed by atoms with Gasteiger partial charge in [-0.05, 0) is 40.8 Å². The number of benzene rings is 3. The van der Waals surface area contributed by atoms with Crippen LogP contribution in [0.1, 0.15) is 30.9 Å². The Morgan fingerprint density at radius 2 is 1.58 bits per heavy atom. The predicted molar refractivity (Wildman–Crippen MR) is 98.4 cm³/mol. The van der Waals surface area contributed by atoms with E-state index in [0.29, 0.717) is 12.5 Å². The Balaban J connectivity index is 1.81.